The summed E-state index contributed by atoms with van der Waals surface area (Å²) in [5, 5.41) is 3.15. The zero-order valence-corrected chi connectivity index (χ0v) is 9.37. The molecule has 0 radical (unpaired) electrons. The third kappa shape index (κ3) is 2.88. The average molecular weight is 225 g/mol. The second kappa shape index (κ2) is 4.74. The predicted octanol–water partition coefficient (Wildman–Crippen LogP) is 1.84. The molecule has 1 heterocycles. The van der Waals surface area contributed by atoms with E-state index in [-0.39, 0.29) is 0 Å². The minimum absolute atomic E-state index is 0.331. The fourth-order valence-corrected chi connectivity index (χ4v) is 1.72. The lowest BCUT2D eigenvalue weighted by atomic mass is 10.0. The van der Waals surface area contributed by atoms with Crippen LogP contribution in [0.1, 0.15) is 19.3 Å². The minimum atomic E-state index is -0.501. The maximum Gasteiger partial charge on any atom is 0.217 e. The van der Waals surface area contributed by atoms with Crippen molar-refractivity contribution in [2.45, 2.75) is 19.3 Å². The molecule has 1 fully saturated rings. The van der Waals surface area contributed by atoms with Crippen LogP contribution in [0.25, 0.3) is 0 Å². The number of nitrogens with zero attached hydrogens (tertiary/aromatic N) is 2. The highest BCUT2D eigenvalue weighted by Gasteiger charge is 2.41. The Morgan fingerprint density at radius 2 is 2.31 bits per heavy atom. The third-order valence-corrected chi connectivity index (χ3v) is 3.07. The van der Waals surface area contributed by atoms with Crippen LogP contribution >= 0.6 is 0 Å². The van der Waals surface area contributed by atoms with Gasteiger partial charge in [-0.2, -0.15) is 4.39 Å². The van der Waals surface area contributed by atoms with Crippen molar-refractivity contribution in [1.29, 1.82) is 0 Å². The van der Waals surface area contributed by atoms with Gasteiger partial charge in [0.05, 0.1) is 0 Å². The molecule has 1 N–H and O–H groups in total. The summed E-state index contributed by atoms with van der Waals surface area (Å²) in [5.41, 5.74) is 0.331. The van der Waals surface area contributed by atoms with Gasteiger partial charge >= 0.3 is 0 Å². The van der Waals surface area contributed by atoms with Gasteiger partial charge in [-0.15, -0.1) is 0 Å². The number of halogens is 1. The van der Waals surface area contributed by atoms with Crippen molar-refractivity contribution in [1.82, 2.24) is 9.97 Å². The number of hydrogen-bond acceptors (Lipinski definition) is 4. The topological polar surface area (TPSA) is 47.0 Å². The highest BCUT2D eigenvalue weighted by molar-refractivity contribution is 5.33. The molecule has 2 rings (SSSR count). The van der Waals surface area contributed by atoms with E-state index >= 15 is 0 Å². The monoisotopic (exact) mass is 225 g/mol. The largest absolute Gasteiger partial charge is 0.385 e. The summed E-state index contributed by atoms with van der Waals surface area (Å²) in [7, 11) is 1.71. The predicted molar refractivity (Wildman–Crippen MR) is 58.6 cm³/mol. The molecular weight excluding hydrogens is 209 g/mol. The van der Waals surface area contributed by atoms with Crippen LogP contribution in [0.5, 0.6) is 0 Å². The van der Waals surface area contributed by atoms with Gasteiger partial charge in [0.1, 0.15) is 12.1 Å². The SMILES string of the molecule is COCCC1(CNc2cc(F)ncn2)CC1. The van der Waals surface area contributed by atoms with E-state index in [1.54, 1.807) is 7.11 Å². The Bertz CT molecular complexity index is 355. The quantitative estimate of drug-likeness (QED) is 0.750. The van der Waals surface area contributed by atoms with Gasteiger partial charge in [-0.25, -0.2) is 9.97 Å². The van der Waals surface area contributed by atoms with E-state index in [2.05, 4.69) is 15.3 Å². The van der Waals surface area contributed by atoms with Crippen LogP contribution in [0.15, 0.2) is 12.4 Å². The van der Waals surface area contributed by atoms with Crippen molar-refractivity contribution in [3.05, 3.63) is 18.3 Å². The molecule has 1 aliphatic rings. The second-order valence-electron chi connectivity index (χ2n) is 4.32. The molecule has 0 unspecified atom stereocenters. The van der Waals surface area contributed by atoms with Gasteiger partial charge < -0.3 is 10.1 Å². The molecule has 0 saturated heterocycles. The summed E-state index contributed by atoms with van der Waals surface area (Å²) in [6, 6.07) is 1.31. The Hall–Kier alpha value is -1.23. The van der Waals surface area contributed by atoms with Gasteiger partial charge in [0.25, 0.3) is 0 Å². The lowest BCUT2D eigenvalue weighted by Gasteiger charge is -2.15. The Morgan fingerprint density at radius 1 is 1.50 bits per heavy atom. The average Bonchev–Trinajstić information content (AvgIpc) is 3.05. The summed E-state index contributed by atoms with van der Waals surface area (Å²) in [5.74, 6) is 0.0513. The lowest BCUT2D eigenvalue weighted by molar-refractivity contribution is 0.175. The molecule has 1 aliphatic carbocycles. The Kier molecular flexibility index (Phi) is 3.33. The Balaban J connectivity index is 1.83. The van der Waals surface area contributed by atoms with Gasteiger partial charge in [-0.05, 0) is 24.7 Å². The molecule has 0 bridgehead atoms. The minimum Gasteiger partial charge on any atom is -0.385 e. The third-order valence-electron chi connectivity index (χ3n) is 3.07. The first-order valence-electron chi connectivity index (χ1n) is 5.44. The van der Waals surface area contributed by atoms with Crippen molar-refractivity contribution in [3.8, 4) is 0 Å². The summed E-state index contributed by atoms with van der Waals surface area (Å²) < 4.78 is 17.9. The highest BCUT2D eigenvalue weighted by atomic mass is 19.1. The van der Waals surface area contributed by atoms with E-state index in [0.29, 0.717) is 11.2 Å². The summed E-state index contributed by atoms with van der Waals surface area (Å²) >= 11 is 0. The lowest BCUT2D eigenvalue weighted by Crippen LogP contribution is -2.18. The van der Waals surface area contributed by atoms with Crippen molar-refractivity contribution in [2.75, 3.05) is 25.6 Å². The Morgan fingerprint density at radius 3 is 2.94 bits per heavy atom. The van der Waals surface area contributed by atoms with Crippen LogP contribution < -0.4 is 5.32 Å². The van der Waals surface area contributed by atoms with E-state index in [9.17, 15) is 4.39 Å². The molecule has 5 heteroatoms. The number of nitrogens with one attached hydrogen (secondary N) is 1. The zero-order valence-electron chi connectivity index (χ0n) is 9.37. The van der Waals surface area contributed by atoms with Gasteiger partial charge in [0.2, 0.25) is 5.95 Å². The molecule has 0 amide bonds. The number of methoxy groups -OCH3 is 1. The van der Waals surface area contributed by atoms with Crippen LogP contribution in [0, 0.1) is 11.4 Å². The molecule has 1 saturated carbocycles. The van der Waals surface area contributed by atoms with Crippen molar-refractivity contribution in [3.63, 3.8) is 0 Å². The van der Waals surface area contributed by atoms with Crippen LogP contribution in [-0.2, 0) is 4.74 Å². The molecular formula is C11H16FN3O. The summed E-state index contributed by atoms with van der Waals surface area (Å²) in [4.78, 5) is 7.37. The standard InChI is InChI=1S/C11H16FN3O/c1-16-5-4-11(2-3-11)7-13-10-6-9(12)14-8-15-10/h6,8H,2-5,7H2,1H3,(H,13,14,15). The van der Waals surface area contributed by atoms with Crippen LogP contribution in [0.4, 0.5) is 10.2 Å². The molecule has 1 aromatic heterocycles. The van der Waals surface area contributed by atoms with Gasteiger partial charge in [0.15, 0.2) is 0 Å². The molecule has 0 aromatic carbocycles. The number of anilines is 1. The van der Waals surface area contributed by atoms with Crippen molar-refractivity contribution >= 4 is 5.82 Å². The van der Waals surface area contributed by atoms with E-state index in [0.717, 1.165) is 19.6 Å². The van der Waals surface area contributed by atoms with Gasteiger partial charge in [-0.3, -0.25) is 0 Å². The van der Waals surface area contributed by atoms with Crippen molar-refractivity contribution in [2.24, 2.45) is 5.41 Å². The molecule has 0 spiro atoms. The van der Waals surface area contributed by atoms with E-state index in [1.807, 2.05) is 0 Å². The number of hydrogen-bond donors (Lipinski definition) is 1. The summed E-state index contributed by atoms with van der Waals surface area (Å²) in [6.45, 7) is 1.60. The number of ether oxygens (including phenoxy) is 1. The van der Waals surface area contributed by atoms with Gasteiger partial charge in [-0.1, -0.05) is 0 Å². The fourth-order valence-electron chi connectivity index (χ4n) is 1.72. The van der Waals surface area contributed by atoms with Crippen LogP contribution in [0.2, 0.25) is 0 Å². The highest BCUT2D eigenvalue weighted by Crippen LogP contribution is 2.48. The number of aromatic nitrogens is 2. The maximum absolute atomic E-state index is 12.8. The molecule has 1 aromatic rings. The molecule has 0 aliphatic heterocycles. The van der Waals surface area contributed by atoms with Gasteiger partial charge in [0, 0.05) is 26.3 Å². The van der Waals surface area contributed by atoms with Crippen LogP contribution in [0.3, 0.4) is 0 Å². The van der Waals surface area contributed by atoms with Crippen molar-refractivity contribution < 1.29 is 9.13 Å². The number of rotatable bonds is 6. The maximum atomic E-state index is 12.8. The van der Waals surface area contributed by atoms with E-state index < -0.39 is 5.95 Å². The molecule has 16 heavy (non-hydrogen) atoms. The first kappa shape index (κ1) is 11.3. The first-order chi connectivity index (χ1) is 7.74. The molecule has 0 atom stereocenters. The zero-order chi connectivity index (χ0) is 11.4. The summed E-state index contributed by atoms with van der Waals surface area (Å²) in [6.07, 6.45) is 4.68. The Labute approximate surface area is 94.2 Å². The van der Waals surface area contributed by atoms with E-state index in [1.165, 1.54) is 25.2 Å². The first-order valence-corrected chi connectivity index (χ1v) is 5.44. The molecule has 4 nitrogen and oxygen atoms in total. The fraction of sp³-hybridized carbons (Fsp3) is 0.636. The second-order valence-corrected chi connectivity index (χ2v) is 4.32. The smallest absolute Gasteiger partial charge is 0.217 e. The molecule has 88 valence electrons. The van der Waals surface area contributed by atoms with Crippen LogP contribution in [-0.4, -0.2) is 30.2 Å². The normalized spacial score (nSPS) is 17.1. The van der Waals surface area contributed by atoms with E-state index in [4.69, 9.17) is 4.74 Å².